The molecule has 3 rings (SSSR count). The Kier molecular flexibility index (Phi) is 5.68. The second kappa shape index (κ2) is 8.14. The highest BCUT2D eigenvalue weighted by atomic mass is 15.3. The van der Waals surface area contributed by atoms with Crippen molar-refractivity contribution in [2.75, 3.05) is 14.1 Å². The Hall–Kier alpha value is -2.37. The second-order valence-corrected chi connectivity index (χ2v) is 6.68. The largest absolute Gasteiger partial charge is 0.349 e. The van der Waals surface area contributed by atoms with E-state index in [4.69, 9.17) is 0 Å². The van der Waals surface area contributed by atoms with Crippen molar-refractivity contribution < 1.29 is 0 Å². The van der Waals surface area contributed by atoms with Crippen molar-refractivity contribution in [3.8, 4) is 0 Å². The summed E-state index contributed by atoms with van der Waals surface area (Å²) >= 11 is 0. The van der Waals surface area contributed by atoms with Crippen LogP contribution < -0.4 is 5.32 Å². The van der Waals surface area contributed by atoms with Gasteiger partial charge in [0.15, 0.2) is 11.8 Å². The van der Waals surface area contributed by atoms with Crippen molar-refractivity contribution in [2.45, 2.75) is 52.2 Å². The summed E-state index contributed by atoms with van der Waals surface area (Å²) < 4.78 is 2.27. The average molecular weight is 340 g/mol. The number of guanidine groups is 1. The first-order valence-corrected chi connectivity index (χ1v) is 9.06. The first-order valence-electron chi connectivity index (χ1n) is 9.06. The normalized spacial score (nSPS) is 14.8. The summed E-state index contributed by atoms with van der Waals surface area (Å²) in [5, 5.41) is 12.2. The van der Waals surface area contributed by atoms with Gasteiger partial charge in [0, 0.05) is 33.6 Å². The Morgan fingerprint density at radius 1 is 1.24 bits per heavy atom. The van der Waals surface area contributed by atoms with Crippen LogP contribution in [0.2, 0.25) is 0 Å². The van der Waals surface area contributed by atoms with Gasteiger partial charge in [0.1, 0.15) is 5.82 Å². The van der Waals surface area contributed by atoms with Gasteiger partial charge in [-0.1, -0.05) is 30.7 Å². The average Bonchev–Trinajstić information content (AvgIpc) is 2.84. The standard InChI is InChI=1S/C19H28N6/c1-15-9-6-7-10-16(15)14-24(3)19(20-2)21-13-18-23-22-17-11-5-4-8-12-25(17)18/h6-7,9-10H,4-5,8,11-14H2,1-3H3,(H,20,21). The van der Waals surface area contributed by atoms with Gasteiger partial charge in [-0.25, -0.2) is 0 Å². The van der Waals surface area contributed by atoms with Gasteiger partial charge in [0.25, 0.3) is 0 Å². The minimum Gasteiger partial charge on any atom is -0.349 e. The molecule has 0 saturated carbocycles. The Morgan fingerprint density at radius 3 is 2.88 bits per heavy atom. The van der Waals surface area contributed by atoms with E-state index in [0.717, 1.165) is 37.1 Å². The van der Waals surface area contributed by atoms with Gasteiger partial charge in [-0.05, 0) is 30.9 Å². The molecule has 0 amide bonds. The highest BCUT2D eigenvalue weighted by Crippen LogP contribution is 2.14. The van der Waals surface area contributed by atoms with Crippen LogP contribution >= 0.6 is 0 Å². The van der Waals surface area contributed by atoms with Crippen molar-refractivity contribution in [3.05, 3.63) is 47.0 Å². The molecule has 0 saturated heterocycles. The third kappa shape index (κ3) is 4.18. The molecule has 1 aromatic heterocycles. The molecule has 0 radical (unpaired) electrons. The molecule has 6 heteroatoms. The van der Waals surface area contributed by atoms with E-state index in [9.17, 15) is 0 Å². The first kappa shape index (κ1) is 17.5. The summed E-state index contributed by atoms with van der Waals surface area (Å²) in [7, 11) is 3.88. The summed E-state index contributed by atoms with van der Waals surface area (Å²) in [6.07, 6.45) is 4.73. The molecular formula is C19H28N6. The monoisotopic (exact) mass is 340 g/mol. The van der Waals surface area contributed by atoms with Gasteiger partial charge in [0.05, 0.1) is 6.54 Å². The third-order valence-corrected chi connectivity index (χ3v) is 4.83. The molecule has 6 nitrogen and oxygen atoms in total. The number of benzene rings is 1. The number of hydrogen-bond acceptors (Lipinski definition) is 3. The van der Waals surface area contributed by atoms with E-state index in [1.165, 1.54) is 30.4 Å². The summed E-state index contributed by atoms with van der Waals surface area (Å²) in [5.74, 6) is 2.99. The topological polar surface area (TPSA) is 58.3 Å². The van der Waals surface area contributed by atoms with Crippen LogP contribution in [0.3, 0.4) is 0 Å². The van der Waals surface area contributed by atoms with Crippen molar-refractivity contribution in [3.63, 3.8) is 0 Å². The second-order valence-electron chi connectivity index (χ2n) is 6.68. The molecule has 2 heterocycles. The van der Waals surface area contributed by atoms with E-state index >= 15 is 0 Å². The highest BCUT2D eigenvalue weighted by Gasteiger charge is 2.15. The van der Waals surface area contributed by atoms with Crippen LogP contribution in [-0.2, 0) is 26.1 Å². The number of nitrogens with one attached hydrogen (secondary N) is 1. The number of aromatic nitrogens is 3. The molecule has 0 atom stereocenters. The number of nitrogens with zero attached hydrogens (tertiary/aromatic N) is 5. The predicted molar refractivity (Wildman–Crippen MR) is 100 cm³/mol. The molecule has 0 aliphatic carbocycles. The fourth-order valence-electron chi connectivity index (χ4n) is 3.34. The number of hydrogen-bond donors (Lipinski definition) is 1. The van der Waals surface area contributed by atoms with Gasteiger partial charge in [0.2, 0.25) is 0 Å². The quantitative estimate of drug-likeness (QED) is 0.686. The van der Waals surface area contributed by atoms with E-state index in [-0.39, 0.29) is 0 Å². The van der Waals surface area contributed by atoms with Crippen molar-refractivity contribution >= 4 is 5.96 Å². The molecule has 134 valence electrons. The maximum Gasteiger partial charge on any atom is 0.194 e. The minimum absolute atomic E-state index is 0.651. The van der Waals surface area contributed by atoms with Gasteiger partial charge >= 0.3 is 0 Å². The Labute approximate surface area is 150 Å². The van der Waals surface area contributed by atoms with E-state index in [0.29, 0.717) is 6.54 Å². The fraction of sp³-hybridized carbons (Fsp3) is 0.526. The van der Waals surface area contributed by atoms with Gasteiger partial charge in [-0.3, -0.25) is 4.99 Å². The maximum absolute atomic E-state index is 4.42. The van der Waals surface area contributed by atoms with Gasteiger partial charge < -0.3 is 14.8 Å². The van der Waals surface area contributed by atoms with Crippen LogP contribution in [-0.4, -0.2) is 39.7 Å². The first-order chi connectivity index (χ1) is 12.2. The lowest BCUT2D eigenvalue weighted by Crippen LogP contribution is -2.38. The molecule has 0 unspecified atom stereocenters. The Morgan fingerprint density at radius 2 is 2.08 bits per heavy atom. The van der Waals surface area contributed by atoms with Crippen molar-refractivity contribution in [2.24, 2.45) is 4.99 Å². The van der Waals surface area contributed by atoms with Gasteiger partial charge in [-0.2, -0.15) is 0 Å². The zero-order valence-corrected chi connectivity index (χ0v) is 15.5. The molecule has 0 fully saturated rings. The van der Waals surface area contributed by atoms with E-state index in [2.05, 4.69) is 68.2 Å². The van der Waals surface area contributed by atoms with Crippen LogP contribution in [0.25, 0.3) is 0 Å². The molecule has 1 aliphatic heterocycles. The molecule has 1 N–H and O–H groups in total. The third-order valence-electron chi connectivity index (χ3n) is 4.83. The van der Waals surface area contributed by atoms with Crippen LogP contribution in [0.5, 0.6) is 0 Å². The number of rotatable bonds is 4. The molecular weight excluding hydrogens is 312 g/mol. The molecule has 0 bridgehead atoms. The highest BCUT2D eigenvalue weighted by molar-refractivity contribution is 5.79. The summed E-state index contributed by atoms with van der Waals surface area (Å²) in [6, 6.07) is 8.46. The summed E-state index contributed by atoms with van der Waals surface area (Å²) in [6.45, 7) is 4.64. The van der Waals surface area contributed by atoms with Crippen LogP contribution in [0.1, 0.15) is 42.0 Å². The van der Waals surface area contributed by atoms with Gasteiger partial charge in [-0.15, -0.1) is 10.2 Å². The van der Waals surface area contributed by atoms with E-state index in [1.54, 1.807) is 0 Å². The zero-order chi connectivity index (χ0) is 17.6. The van der Waals surface area contributed by atoms with Crippen LogP contribution in [0, 0.1) is 6.92 Å². The van der Waals surface area contributed by atoms with Crippen LogP contribution in [0.15, 0.2) is 29.3 Å². The number of aliphatic imine (C=N–C) groups is 1. The maximum atomic E-state index is 4.42. The lowest BCUT2D eigenvalue weighted by Gasteiger charge is -2.23. The summed E-state index contributed by atoms with van der Waals surface area (Å²) in [5.41, 5.74) is 2.61. The molecule has 1 aliphatic rings. The van der Waals surface area contributed by atoms with Crippen molar-refractivity contribution in [1.29, 1.82) is 0 Å². The predicted octanol–water partition coefficient (Wildman–Crippen LogP) is 2.52. The minimum atomic E-state index is 0.651. The lowest BCUT2D eigenvalue weighted by atomic mass is 10.1. The van der Waals surface area contributed by atoms with E-state index < -0.39 is 0 Å². The molecule has 1 aromatic carbocycles. The number of fused-ring (bicyclic) bond motifs is 1. The SMILES string of the molecule is CN=C(NCc1nnc2n1CCCCC2)N(C)Cc1ccccc1C. The zero-order valence-electron chi connectivity index (χ0n) is 15.5. The van der Waals surface area contributed by atoms with Crippen LogP contribution in [0.4, 0.5) is 0 Å². The Bertz CT molecular complexity index is 733. The Balaban J connectivity index is 1.63. The fourth-order valence-corrected chi connectivity index (χ4v) is 3.34. The number of aryl methyl sites for hydroxylation is 2. The summed E-state index contributed by atoms with van der Waals surface area (Å²) in [4.78, 5) is 6.56. The lowest BCUT2D eigenvalue weighted by molar-refractivity contribution is 0.472. The molecule has 0 spiro atoms. The van der Waals surface area contributed by atoms with Crippen molar-refractivity contribution in [1.82, 2.24) is 25.0 Å². The smallest absolute Gasteiger partial charge is 0.194 e. The molecule has 2 aromatic rings. The molecule has 25 heavy (non-hydrogen) atoms. The van der Waals surface area contributed by atoms with E-state index in [1.807, 2.05) is 7.05 Å².